The van der Waals surface area contributed by atoms with Gasteiger partial charge in [-0.3, -0.25) is 9.78 Å². The molecule has 0 radical (unpaired) electrons. The number of rotatable bonds is 17. The topological polar surface area (TPSA) is 91.1 Å². The van der Waals surface area contributed by atoms with Crippen LogP contribution in [0.4, 0.5) is 5.82 Å². The third kappa shape index (κ3) is 11.0. The summed E-state index contributed by atoms with van der Waals surface area (Å²) in [5.41, 5.74) is 2.86. The second-order valence-electron chi connectivity index (χ2n) is 15.4. The fourth-order valence-electron chi connectivity index (χ4n) is 5.82. The van der Waals surface area contributed by atoms with Crippen molar-refractivity contribution in [3.8, 4) is 22.4 Å². The summed E-state index contributed by atoms with van der Waals surface area (Å²) in [6, 6.07) is 3.42. The van der Waals surface area contributed by atoms with Gasteiger partial charge in [0.25, 0.3) is 0 Å². The number of hydrogen-bond donors (Lipinski definition) is 0. The van der Waals surface area contributed by atoms with E-state index in [1.54, 1.807) is 36.0 Å². The highest BCUT2D eigenvalue weighted by atomic mass is 79.9. The Morgan fingerprint density at radius 2 is 1.63 bits per heavy atom. The quantitative estimate of drug-likeness (QED) is 0.0451. The molecule has 0 spiro atoms. The summed E-state index contributed by atoms with van der Waals surface area (Å²) in [4.78, 5) is 24.4. The molecule has 51 heavy (non-hydrogen) atoms. The molecule has 12 heteroatoms. The summed E-state index contributed by atoms with van der Waals surface area (Å²) in [5, 5.41) is 4.84. The standard InChI is InChI=1S/C39H56BrN5O4Si2/c1-8-49-35(46)24-29-14-16-31(17-15-29)37-36(40)39(44(27-47-20-22-50(2,3)4)28-48-21-23-51(5,6)7)45-38(43-37)33(26-42-45)32-18-19-34(41-25-32)30-12-10-9-11-13-30/h9-13,18-19,25-26,29,31H,8,14-17,20-24,27-28H2,1-7H3/i9D,10D,11D,12D,13D,24D,29D. The highest BCUT2D eigenvalue weighted by molar-refractivity contribution is 9.10. The van der Waals surface area contributed by atoms with Gasteiger partial charge in [0, 0.05) is 67.3 Å². The van der Waals surface area contributed by atoms with Crippen molar-refractivity contribution in [2.24, 2.45) is 5.89 Å². The molecule has 0 amide bonds. The first-order valence-corrected chi connectivity index (χ1v) is 26.0. The lowest BCUT2D eigenvalue weighted by Gasteiger charge is -2.31. The van der Waals surface area contributed by atoms with E-state index in [1.165, 1.54) is 0 Å². The number of hydrogen-bond acceptors (Lipinski definition) is 8. The molecular formula is C39H56BrN5O4Si2. The number of pyridine rings is 1. The van der Waals surface area contributed by atoms with E-state index in [0.29, 0.717) is 66.0 Å². The van der Waals surface area contributed by atoms with Crippen molar-refractivity contribution in [2.45, 2.75) is 96.3 Å². The normalized spacial score (nSPS) is 20.8. The summed E-state index contributed by atoms with van der Waals surface area (Å²) in [5.74, 6) is -1.38. The molecule has 3 aromatic heterocycles. The van der Waals surface area contributed by atoms with Gasteiger partial charge in [0.15, 0.2) is 11.5 Å². The summed E-state index contributed by atoms with van der Waals surface area (Å²) in [6.07, 6.45) is 3.67. The summed E-state index contributed by atoms with van der Waals surface area (Å²) in [7, 11) is -2.74. The van der Waals surface area contributed by atoms with Crippen LogP contribution in [-0.4, -0.2) is 75.0 Å². The van der Waals surface area contributed by atoms with Crippen molar-refractivity contribution in [2.75, 3.05) is 38.2 Å². The van der Waals surface area contributed by atoms with Gasteiger partial charge >= 0.3 is 5.97 Å². The lowest BCUT2D eigenvalue weighted by molar-refractivity contribution is -0.144. The molecule has 0 aliphatic heterocycles. The molecule has 276 valence electrons. The van der Waals surface area contributed by atoms with E-state index in [-0.39, 0.29) is 49.3 Å². The fourth-order valence-corrected chi connectivity index (χ4v) is 8.17. The van der Waals surface area contributed by atoms with Crippen LogP contribution in [0.25, 0.3) is 28.0 Å². The minimum Gasteiger partial charge on any atom is -0.466 e. The number of fused-ring (bicyclic) bond motifs is 1. The molecule has 1 aliphatic carbocycles. The molecule has 1 saturated carbocycles. The zero-order valence-electron chi connectivity index (χ0n) is 38.0. The lowest BCUT2D eigenvalue weighted by Crippen LogP contribution is -2.34. The molecule has 1 fully saturated rings. The molecule has 0 saturated heterocycles. The van der Waals surface area contributed by atoms with E-state index in [2.05, 4.69) is 60.2 Å². The number of nitrogens with zero attached hydrogens (tertiary/aromatic N) is 5. The van der Waals surface area contributed by atoms with Crippen LogP contribution in [0.2, 0.25) is 51.4 Å². The van der Waals surface area contributed by atoms with E-state index in [1.807, 2.05) is 4.90 Å². The van der Waals surface area contributed by atoms with Crippen molar-refractivity contribution in [1.29, 1.82) is 0 Å². The molecular weight excluding hydrogens is 739 g/mol. The number of carbonyl (C=O) groups is 1. The first-order chi connectivity index (χ1) is 27.2. The SMILES string of the molecule is [2H]c1c([2H])c([2H])c(-c2ccc(-c3cnn4c(N(COCC[Si](C)(C)C)COCC[Si](C)(C)C)c(Br)c(C5CCC([2H])(C([2H])C(=O)OCC)CC5)nc34)cn2)c([2H])c1[2H]. The van der Waals surface area contributed by atoms with Crippen molar-refractivity contribution in [1.82, 2.24) is 19.6 Å². The average molecular weight is 802 g/mol. The van der Waals surface area contributed by atoms with Crippen LogP contribution in [0, 0.1) is 5.89 Å². The van der Waals surface area contributed by atoms with Gasteiger partial charge in [0.2, 0.25) is 0 Å². The van der Waals surface area contributed by atoms with Crippen molar-refractivity contribution >= 4 is 49.5 Å². The first kappa shape index (κ1) is 30.5. The van der Waals surface area contributed by atoms with Crippen LogP contribution < -0.4 is 4.90 Å². The van der Waals surface area contributed by atoms with Gasteiger partial charge < -0.3 is 19.1 Å². The van der Waals surface area contributed by atoms with E-state index in [0.717, 1.165) is 17.8 Å². The van der Waals surface area contributed by atoms with Gasteiger partial charge in [-0.1, -0.05) is 75.6 Å². The number of benzene rings is 1. The van der Waals surface area contributed by atoms with Crippen LogP contribution in [0.15, 0.2) is 59.2 Å². The van der Waals surface area contributed by atoms with E-state index < -0.39 is 52.5 Å². The highest BCUT2D eigenvalue weighted by Crippen LogP contribution is 2.43. The average Bonchev–Trinajstić information content (AvgIpc) is 3.59. The van der Waals surface area contributed by atoms with Gasteiger partial charge in [-0.05, 0) is 72.6 Å². The van der Waals surface area contributed by atoms with Gasteiger partial charge in [-0.15, -0.1) is 0 Å². The number of carbonyl (C=O) groups excluding carboxylic acids is 1. The number of aromatic nitrogens is 4. The van der Waals surface area contributed by atoms with Gasteiger partial charge in [-0.2, -0.15) is 9.61 Å². The maximum Gasteiger partial charge on any atom is 0.306 e. The van der Waals surface area contributed by atoms with Gasteiger partial charge in [0.1, 0.15) is 13.5 Å². The first-order valence-electron chi connectivity index (χ1n) is 21.4. The Morgan fingerprint density at radius 1 is 0.980 bits per heavy atom. The second-order valence-corrected chi connectivity index (χ2v) is 27.5. The minimum atomic E-state index is -1.37. The Hall–Kier alpha value is -2.91. The summed E-state index contributed by atoms with van der Waals surface area (Å²) in [6.45, 7) is 17.4. The molecule has 3 heterocycles. The van der Waals surface area contributed by atoms with Crippen LogP contribution in [0.5, 0.6) is 0 Å². The smallest absolute Gasteiger partial charge is 0.306 e. The molecule has 0 N–H and O–H groups in total. The maximum absolute atomic E-state index is 12.5. The molecule has 1 aromatic carbocycles. The lowest BCUT2D eigenvalue weighted by atomic mass is 9.79. The minimum absolute atomic E-state index is 0.0172. The van der Waals surface area contributed by atoms with Crippen LogP contribution in [0.1, 0.15) is 60.2 Å². The van der Waals surface area contributed by atoms with Crippen LogP contribution >= 0.6 is 15.9 Å². The molecule has 1 aliphatic rings. The Balaban J connectivity index is 1.59. The van der Waals surface area contributed by atoms with Crippen LogP contribution in [-0.2, 0) is 19.0 Å². The molecule has 4 aromatic rings. The number of esters is 1. The fraction of sp³-hybridized carbons (Fsp3) is 0.538. The predicted octanol–water partition coefficient (Wildman–Crippen LogP) is 9.88. The predicted molar refractivity (Wildman–Crippen MR) is 216 cm³/mol. The zero-order chi connectivity index (χ0) is 42.7. The summed E-state index contributed by atoms with van der Waals surface area (Å²) >= 11 is 3.94. The van der Waals surface area contributed by atoms with Gasteiger partial charge in [-0.25, -0.2) is 4.98 Å². The Kier molecular flexibility index (Phi) is 10.6. The number of halogens is 1. The Bertz CT molecular complexity index is 2040. The van der Waals surface area contributed by atoms with E-state index in [9.17, 15) is 4.79 Å². The Labute approximate surface area is 324 Å². The largest absolute Gasteiger partial charge is 0.466 e. The Morgan fingerprint density at radius 3 is 2.20 bits per heavy atom. The van der Waals surface area contributed by atoms with Crippen molar-refractivity contribution in [3.05, 3.63) is 64.9 Å². The van der Waals surface area contributed by atoms with Crippen LogP contribution in [0.3, 0.4) is 0 Å². The van der Waals surface area contributed by atoms with Crippen molar-refractivity contribution in [3.63, 3.8) is 0 Å². The monoisotopic (exact) mass is 800 g/mol. The zero-order valence-corrected chi connectivity index (χ0v) is 34.6. The molecule has 5 rings (SSSR count). The molecule has 1 atom stereocenters. The summed E-state index contributed by atoms with van der Waals surface area (Å²) < 4.78 is 79.0. The van der Waals surface area contributed by atoms with E-state index >= 15 is 0 Å². The van der Waals surface area contributed by atoms with Crippen molar-refractivity contribution < 1.29 is 28.6 Å². The highest BCUT2D eigenvalue weighted by Gasteiger charge is 2.31. The van der Waals surface area contributed by atoms with Gasteiger partial charge in [0.05, 0.1) is 35.5 Å². The third-order valence-corrected chi connectivity index (χ3v) is 13.0. The molecule has 0 bridgehead atoms. The number of ether oxygens (including phenoxy) is 3. The third-order valence-electron chi connectivity index (χ3n) is 8.83. The maximum atomic E-state index is 12.5. The second kappa shape index (κ2) is 17.7. The molecule has 1 unspecified atom stereocenters. The number of anilines is 1. The molecule has 9 nitrogen and oxygen atoms in total. The van der Waals surface area contributed by atoms with E-state index in [4.69, 9.17) is 33.9 Å².